The fourth-order valence-corrected chi connectivity index (χ4v) is 2.82. The summed E-state index contributed by atoms with van der Waals surface area (Å²) in [5, 5.41) is 0. The first-order valence-electron chi connectivity index (χ1n) is 7.17. The molecule has 0 saturated carbocycles. The lowest BCUT2D eigenvalue weighted by Crippen LogP contribution is -2.23. The van der Waals surface area contributed by atoms with Crippen molar-refractivity contribution in [3.05, 3.63) is 70.3 Å². The van der Waals surface area contributed by atoms with Crippen molar-refractivity contribution in [2.45, 2.75) is 13.1 Å². The molecule has 0 amide bonds. The van der Waals surface area contributed by atoms with Crippen molar-refractivity contribution >= 4 is 21.6 Å². The average molecular weight is 372 g/mol. The van der Waals surface area contributed by atoms with E-state index in [2.05, 4.69) is 31.7 Å². The van der Waals surface area contributed by atoms with Crippen molar-refractivity contribution in [1.82, 2.24) is 14.3 Å². The van der Waals surface area contributed by atoms with Crippen molar-refractivity contribution in [3.63, 3.8) is 0 Å². The van der Waals surface area contributed by atoms with E-state index in [1.54, 1.807) is 12.1 Å². The molecule has 3 rings (SSSR count). The fraction of sp³-hybridized carbons (Fsp3) is 0.167. The molecule has 0 atom stereocenters. The Hall–Kier alpha value is -2.16. The zero-order chi connectivity index (χ0) is 16.2. The number of benzene rings is 1. The van der Waals surface area contributed by atoms with Crippen LogP contribution in [0.15, 0.2) is 53.3 Å². The summed E-state index contributed by atoms with van der Waals surface area (Å²) in [4.78, 5) is 6.70. The molecular formula is C18H15BrFN3. The van der Waals surface area contributed by atoms with Crippen LogP contribution >= 0.6 is 15.9 Å². The number of hydrogen-bond acceptors (Lipinski definition) is 2. The van der Waals surface area contributed by atoms with Crippen LogP contribution in [0.3, 0.4) is 0 Å². The third-order valence-electron chi connectivity index (χ3n) is 3.48. The van der Waals surface area contributed by atoms with Crippen molar-refractivity contribution in [2.75, 3.05) is 6.54 Å². The molecule has 0 N–H and O–H groups in total. The van der Waals surface area contributed by atoms with E-state index in [0.717, 1.165) is 21.4 Å². The van der Waals surface area contributed by atoms with Crippen LogP contribution in [0.25, 0.3) is 5.65 Å². The highest BCUT2D eigenvalue weighted by molar-refractivity contribution is 9.10. The summed E-state index contributed by atoms with van der Waals surface area (Å²) in [6.45, 7) is 1.80. The molecule has 0 unspecified atom stereocenters. The molecule has 0 aliphatic carbocycles. The van der Waals surface area contributed by atoms with Crippen LogP contribution in [-0.2, 0) is 13.1 Å². The first-order valence-corrected chi connectivity index (χ1v) is 7.97. The van der Waals surface area contributed by atoms with Crippen molar-refractivity contribution in [1.29, 1.82) is 0 Å². The SMILES string of the molecule is C#CCN(Cc1ccc(F)cc1)Cc1cn2cc(Br)ccc2n1. The number of fused-ring (bicyclic) bond motifs is 1. The highest BCUT2D eigenvalue weighted by Crippen LogP contribution is 2.15. The third kappa shape index (κ3) is 3.98. The Balaban J connectivity index is 1.77. The maximum absolute atomic E-state index is 13.0. The molecule has 2 heterocycles. The van der Waals surface area contributed by atoms with E-state index in [1.807, 2.05) is 28.9 Å². The summed E-state index contributed by atoms with van der Waals surface area (Å²) >= 11 is 3.45. The summed E-state index contributed by atoms with van der Waals surface area (Å²) in [5.74, 6) is 2.44. The van der Waals surface area contributed by atoms with Gasteiger partial charge in [0.05, 0.1) is 12.2 Å². The van der Waals surface area contributed by atoms with Gasteiger partial charge >= 0.3 is 0 Å². The quantitative estimate of drug-likeness (QED) is 0.634. The number of hydrogen-bond donors (Lipinski definition) is 0. The fourth-order valence-electron chi connectivity index (χ4n) is 2.47. The standard InChI is InChI=1S/C18H15BrFN3/c1-2-9-22(10-14-3-6-16(20)7-4-14)12-17-13-23-11-15(19)5-8-18(23)21-17/h1,3-8,11,13H,9-10,12H2. The molecule has 0 saturated heterocycles. The van der Waals surface area contributed by atoms with Gasteiger partial charge < -0.3 is 4.40 Å². The van der Waals surface area contributed by atoms with E-state index in [0.29, 0.717) is 19.6 Å². The van der Waals surface area contributed by atoms with Crippen LogP contribution in [-0.4, -0.2) is 20.8 Å². The predicted octanol–water partition coefficient (Wildman–Crippen LogP) is 3.87. The molecule has 3 nitrogen and oxygen atoms in total. The Morgan fingerprint density at radius 3 is 2.65 bits per heavy atom. The molecule has 0 aliphatic heterocycles. The van der Waals surface area contributed by atoms with Gasteiger partial charge in [-0.25, -0.2) is 9.37 Å². The van der Waals surface area contributed by atoms with Crippen LogP contribution in [0.1, 0.15) is 11.3 Å². The van der Waals surface area contributed by atoms with E-state index < -0.39 is 0 Å². The number of nitrogens with zero attached hydrogens (tertiary/aromatic N) is 3. The molecular weight excluding hydrogens is 357 g/mol. The van der Waals surface area contributed by atoms with Crippen LogP contribution in [0.5, 0.6) is 0 Å². The van der Waals surface area contributed by atoms with Crippen LogP contribution in [0, 0.1) is 18.2 Å². The minimum Gasteiger partial charge on any atom is -0.306 e. The van der Waals surface area contributed by atoms with E-state index in [-0.39, 0.29) is 5.82 Å². The maximum atomic E-state index is 13.0. The lowest BCUT2D eigenvalue weighted by Gasteiger charge is -2.18. The maximum Gasteiger partial charge on any atom is 0.137 e. The van der Waals surface area contributed by atoms with E-state index in [9.17, 15) is 4.39 Å². The van der Waals surface area contributed by atoms with Gasteiger partial charge in [-0.3, -0.25) is 4.90 Å². The van der Waals surface area contributed by atoms with Gasteiger partial charge in [0, 0.05) is 30.0 Å². The Morgan fingerprint density at radius 1 is 1.13 bits per heavy atom. The number of rotatable bonds is 5. The smallest absolute Gasteiger partial charge is 0.137 e. The van der Waals surface area contributed by atoms with Gasteiger partial charge in [-0.1, -0.05) is 18.1 Å². The largest absolute Gasteiger partial charge is 0.306 e. The Morgan fingerprint density at radius 2 is 1.91 bits per heavy atom. The minimum atomic E-state index is -0.233. The summed E-state index contributed by atoms with van der Waals surface area (Å²) in [6, 6.07) is 10.4. The second-order valence-electron chi connectivity index (χ2n) is 5.32. The van der Waals surface area contributed by atoms with E-state index in [1.165, 1.54) is 12.1 Å². The second-order valence-corrected chi connectivity index (χ2v) is 6.24. The van der Waals surface area contributed by atoms with Gasteiger partial charge in [0.2, 0.25) is 0 Å². The molecule has 5 heteroatoms. The molecule has 0 fully saturated rings. The zero-order valence-corrected chi connectivity index (χ0v) is 14.0. The van der Waals surface area contributed by atoms with Crippen LogP contribution in [0.4, 0.5) is 4.39 Å². The van der Waals surface area contributed by atoms with Crippen LogP contribution < -0.4 is 0 Å². The molecule has 0 bridgehead atoms. The molecule has 0 radical (unpaired) electrons. The number of aromatic nitrogens is 2. The number of imidazole rings is 1. The molecule has 116 valence electrons. The van der Waals surface area contributed by atoms with Gasteiger partial charge in [0.15, 0.2) is 0 Å². The highest BCUT2D eigenvalue weighted by Gasteiger charge is 2.09. The topological polar surface area (TPSA) is 20.5 Å². The summed E-state index contributed by atoms with van der Waals surface area (Å²) in [7, 11) is 0. The van der Waals surface area contributed by atoms with E-state index in [4.69, 9.17) is 6.42 Å². The average Bonchev–Trinajstić information content (AvgIpc) is 2.91. The first-order chi connectivity index (χ1) is 11.1. The van der Waals surface area contributed by atoms with Crippen molar-refractivity contribution in [3.8, 4) is 12.3 Å². The number of halogens is 2. The van der Waals surface area contributed by atoms with Gasteiger partial charge in [0.1, 0.15) is 11.5 Å². The minimum absolute atomic E-state index is 0.233. The highest BCUT2D eigenvalue weighted by atomic mass is 79.9. The monoisotopic (exact) mass is 371 g/mol. The second kappa shape index (κ2) is 6.95. The van der Waals surface area contributed by atoms with Gasteiger partial charge in [-0.2, -0.15) is 0 Å². The van der Waals surface area contributed by atoms with Gasteiger partial charge in [-0.05, 0) is 45.8 Å². The lowest BCUT2D eigenvalue weighted by atomic mass is 10.2. The third-order valence-corrected chi connectivity index (χ3v) is 3.95. The Bertz CT molecular complexity index is 849. The summed E-state index contributed by atoms with van der Waals surface area (Å²) < 4.78 is 16.0. The lowest BCUT2D eigenvalue weighted by molar-refractivity contribution is 0.287. The molecule has 2 aromatic heterocycles. The summed E-state index contributed by atoms with van der Waals surface area (Å²) in [5.41, 5.74) is 2.86. The molecule has 0 aliphatic rings. The Kier molecular flexibility index (Phi) is 4.75. The number of pyridine rings is 1. The van der Waals surface area contributed by atoms with E-state index >= 15 is 0 Å². The van der Waals surface area contributed by atoms with Crippen molar-refractivity contribution < 1.29 is 4.39 Å². The summed E-state index contributed by atoms with van der Waals surface area (Å²) in [6.07, 6.45) is 9.44. The molecule has 0 spiro atoms. The normalized spacial score (nSPS) is 11.0. The molecule has 1 aromatic carbocycles. The number of terminal acetylenes is 1. The zero-order valence-electron chi connectivity index (χ0n) is 12.4. The Labute approximate surface area is 142 Å². The molecule has 23 heavy (non-hydrogen) atoms. The molecule has 3 aromatic rings. The first kappa shape index (κ1) is 15.7. The predicted molar refractivity (Wildman–Crippen MR) is 92.2 cm³/mol. The van der Waals surface area contributed by atoms with Gasteiger partial charge in [0.25, 0.3) is 0 Å². The van der Waals surface area contributed by atoms with Crippen molar-refractivity contribution in [2.24, 2.45) is 0 Å². The van der Waals surface area contributed by atoms with Crippen LogP contribution in [0.2, 0.25) is 0 Å². The van der Waals surface area contributed by atoms with Gasteiger partial charge in [-0.15, -0.1) is 6.42 Å².